The number of benzene rings is 3. The molecule has 28 heavy (non-hydrogen) atoms. The number of hydrogen-bond donors (Lipinski definition) is 0. The smallest absolute Gasteiger partial charge is 0.245 e. The Morgan fingerprint density at radius 2 is 1.29 bits per heavy atom. The Bertz CT molecular complexity index is 856. The fourth-order valence-corrected chi connectivity index (χ4v) is 4.20. The van der Waals surface area contributed by atoms with Gasteiger partial charge in [0.05, 0.1) is 6.04 Å². The molecule has 0 aromatic heterocycles. The summed E-state index contributed by atoms with van der Waals surface area (Å²) in [5.41, 5.74) is 3.37. The molecule has 0 radical (unpaired) electrons. The number of rotatable bonds is 5. The fourth-order valence-electron chi connectivity index (χ4n) is 4.20. The highest BCUT2D eigenvalue weighted by molar-refractivity contribution is 5.85. The minimum Gasteiger partial charge on any atom is -0.329 e. The molecule has 1 unspecified atom stereocenters. The van der Waals surface area contributed by atoms with E-state index in [4.69, 9.17) is 0 Å². The van der Waals surface area contributed by atoms with Crippen LogP contribution in [0.2, 0.25) is 0 Å². The molecule has 1 amide bonds. The number of carbonyl (C=O) groups is 1. The molecule has 0 saturated carbocycles. The van der Waals surface area contributed by atoms with Crippen LogP contribution < -0.4 is 0 Å². The van der Waals surface area contributed by atoms with Crippen LogP contribution in [0.1, 0.15) is 35.7 Å². The van der Waals surface area contributed by atoms with E-state index < -0.39 is 0 Å². The number of piperazine rings is 1. The summed E-state index contributed by atoms with van der Waals surface area (Å²) in [5.74, 6) is 0.178. The zero-order valence-corrected chi connectivity index (χ0v) is 16.2. The number of nitrogens with zero attached hydrogens (tertiary/aromatic N) is 2. The predicted octanol–water partition coefficient (Wildman–Crippen LogP) is 4.68. The van der Waals surface area contributed by atoms with Crippen LogP contribution >= 0.6 is 0 Å². The summed E-state index contributed by atoms with van der Waals surface area (Å²) in [6, 6.07) is 30.6. The summed E-state index contributed by atoms with van der Waals surface area (Å²) in [5, 5.41) is 0. The molecule has 3 aromatic rings. The Morgan fingerprint density at radius 1 is 0.786 bits per heavy atom. The maximum absolute atomic E-state index is 13.8. The van der Waals surface area contributed by atoms with Crippen molar-refractivity contribution in [1.82, 2.24) is 9.80 Å². The Hall–Kier alpha value is -2.91. The summed E-state index contributed by atoms with van der Waals surface area (Å²) < 4.78 is 0. The predicted molar refractivity (Wildman–Crippen MR) is 113 cm³/mol. The van der Waals surface area contributed by atoms with Gasteiger partial charge in [0.1, 0.15) is 6.04 Å². The van der Waals surface area contributed by atoms with E-state index in [0.29, 0.717) is 0 Å². The molecule has 3 nitrogen and oxygen atoms in total. The first-order chi connectivity index (χ1) is 13.8. The number of amides is 1. The van der Waals surface area contributed by atoms with Crippen molar-refractivity contribution >= 4 is 5.91 Å². The summed E-state index contributed by atoms with van der Waals surface area (Å²) in [6.07, 6.45) is 0. The SMILES string of the molecule is CCN1CCN(C(c2ccccc2)c2ccccc2)C(=O)C1c1ccccc1. The van der Waals surface area contributed by atoms with Crippen LogP contribution in [0.25, 0.3) is 0 Å². The molecule has 1 aliphatic heterocycles. The first kappa shape index (κ1) is 18.5. The lowest BCUT2D eigenvalue weighted by Crippen LogP contribution is -2.53. The second kappa shape index (κ2) is 8.41. The van der Waals surface area contributed by atoms with Gasteiger partial charge in [0.15, 0.2) is 0 Å². The molecule has 3 aromatic carbocycles. The van der Waals surface area contributed by atoms with Crippen molar-refractivity contribution in [2.75, 3.05) is 19.6 Å². The summed E-state index contributed by atoms with van der Waals surface area (Å²) in [7, 11) is 0. The minimum atomic E-state index is -0.227. The van der Waals surface area contributed by atoms with Gasteiger partial charge in [-0.3, -0.25) is 9.69 Å². The van der Waals surface area contributed by atoms with Gasteiger partial charge in [0.25, 0.3) is 0 Å². The largest absolute Gasteiger partial charge is 0.329 e. The molecule has 1 heterocycles. The van der Waals surface area contributed by atoms with E-state index in [1.807, 2.05) is 54.6 Å². The lowest BCUT2D eigenvalue weighted by molar-refractivity contribution is -0.144. The molecule has 1 saturated heterocycles. The maximum Gasteiger partial charge on any atom is 0.245 e. The Labute approximate surface area is 167 Å². The third kappa shape index (κ3) is 3.58. The highest BCUT2D eigenvalue weighted by atomic mass is 16.2. The van der Waals surface area contributed by atoms with E-state index in [0.717, 1.165) is 36.3 Å². The minimum absolute atomic E-state index is 0.0693. The van der Waals surface area contributed by atoms with Crippen LogP contribution in [0.3, 0.4) is 0 Å². The van der Waals surface area contributed by atoms with Crippen molar-refractivity contribution in [3.63, 3.8) is 0 Å². The van der Waals surface area contributed by atoms with Crippen LogP contribution in [-0.4, -0.2) is 35.3 Å². The van der Waals surface area contributed by atoms with Crippen molar-refractivity contribution in [1.29, 1.82) is 0 Å². The van der Waals surface area contributed by atoms with Gasteiger partial charge in [-0.15, -0.1) is 0 Å². The van der Waals surface area contributed by atoms with Gasteiger partial charge in [-0.25, -0.2) is 0 Å². The first-order valence-corrected chi connectivity index (χ1v) is 9.99. The lowest BCUT2D eigenvalue weighted by Gasteiger charge is -2.44. The third-order valence-corrected chi connectivity index (χ3v) is 5.57. The lowest BCUT2D eigenvalue weighted by atomic mass is 9.93. The van der Waals surface area contributed by atoms with Crippen LogP contribution in [-0.2, 0) is 4.79 Å². The molecule has 0 aliphatic carbocycles. The number of carbonyl (C=O) groups excluding carboxylic acids is 1. The van der Waals surface area contributed by atoms with Gasteiger partial charge in [-0.2, -0.15) is 0 Å². The van der Waals surface area contributed by atoms with E-state index in [1.165, 1.54) is 0 Å². The van der Waals surface area contributed by atoms with Crippen molar-refractivity contribution in [3.8, 4) is 0 Å². The molecular weight excluding hydrogens is 344 g/mol. The Morgan fingerprint density at radius 3 is 1.79 bits per heavy atom. The third-order valence-electron chi connectivity index (χ3n) is 5.57. The standard InChI is InChI=1S/C25H26N2O/c1-2-26-18-19-27(25(28)24(26)22-16-10-5-11-17-22)23(20-12-6-3-7-13-20)21-14-8-4-9-15-21/h3-17,23-24H,2,18-19H2,1H3. The molecule has 0 spiro atoms. The van der Waals surface area contributed by atoms with Gasteiger partial charge < -0.3 is 4.90 Å². The summed E-state index contributed by atoms with van der Waals surface area (Å²) >= 11 is 0. The van der Waals surface area contributed by atoms with Crippen molar-refractivity contribution in [2.45, 2.75) is 19.0 Å². The Kier molecular flexibility index (Phi) is 5.54. The van der Waals surface area contributed by atoms with Gasteiger partial charge in [-0.05, 0) is 23.2 Å². The fraction of sp³-hybridized carbons (Fsp3) is 0.240. The van der Waals surface area contributed by atoms with Crippen molar-refractivity contribution < 1.29 is 4.79 Å². The molecule has 1 atom stereocenters. The molecule has 142 valence electrons. The molecular formula is C25H26N2O. The van der Waals surface area contributed by atoms with Crippen LogP contribution in [0.15, 0.2) is 91.0 Å². The molecule has 0 N–H and O–H groups in total. The second-order valence-electron chi connectivity index (χ2n) is 7.20. The second-order valence-corrected chi connectivity index (χ2v) is 7.20. The molecule has 1 aliphatic rings. The van der Waals surface area contributed by atoms with Crippen LogP contribution in [0.5, 0.6) is 0 Å². The zero-order valence-electron chi connectivity index (χ0n) is 16.2. The zero-order chi connectivity index (χ0) is 19.3. The average molecular weight is 370 g/mol. The van der Waals surface area contributed by atoms with E-state index in [1.54, 1.807) is 0 Å². The van der Waals surface area contributed by atoms with Gasteiger partial charge >= 0.3 is 0 Å². The summed E-state index contributed by atoms with van der Waals surface area (Å²) in [6.45, 7) is 4.59. The van der Waals surface area contributed by atoms with Gasteiger partial charge in [0.2, 0.25) is 5.91 Å². The van der Waals surface area contributed by atoms with E-state index in [-0.39, 0.29) is 18.0 Å². The van der Waals surface area contributed by atoms with Crippen molar-refractivity contribution in [3.05, 3.63) is 108 Å². The maximum atomic E-state index is 13.8. The number of hydrogen-bond acceptors (Lipinski definition) is 2. The van der Waals surface area contributed by atoms with E-state index in [2.05, 4.69) is 53.1 Å². The summed E-state index contributed by atoms with van der Waals surface area (Å²) in [4.78, 5) is 18.1. The molecule has 4 rings (SSSR count). The van der Waals surface area contributed by atoms with E-state index in [9.17, 15) is 4.79 Å². The molecule has 0 bridgehead atoms. The highest BCUT2D eigenvalue weighted by Crippen LogP contribution is 2.35. The van der Waals surface area contributed by atoms with Gasteiger partial charge in [0, 0.05) is 13.1 Å². The Balaban J connectivity index is 1.75. The number of likely N-dealkylation sites (N-methyl/N-ethyl adjacent to an activating group) is 1. The topological polar surface area (TPSA) is 23.6 Å². The van der Waals surface area contributed by atoms with Gasteiger partial charge in [-0.1, -0.05) is 97.9 Å². The average Bonchev–Trinajstić information content (AvgIpc) is 2.77. The molecule has 1 fully saturated rings. The monoisotopic (exact) mass is 370 g/mol. The quantitative estimate of drug-likeness (QED) is 0.651. The van der Waals surface area contributed by atoms with Crippen molar-refractivity contribution in [2.24, 2.45) is 0 Å². The van der Waals surface area contributed by atoms with E-state index >= 15 is 0 Å². The van der Waals surface area contributed by atoms with Crippen LogP contribution in [0, 0.1) is 0 Å². The molecule has 3 heteroatoms. The normalized spacial score (nSPS) is 17.9. The van der Waals surface area contributed by atoms with Crippen LogP contribution in [0.4, 0.5) is 0 Å². The first-order valence-electron chi connectivity index (χ1n) is 9.99. The highest BCUT2D eigenvalue weighted by Gasteiger charge is 2.39.